The highest BCUT2D eigenvalue weighted by molar-refractivity contribution is 5.89. The van der Waals surface area contributed by atoms with Crippen LogP contribution in [0.3, 0.4) is 0 Å². The van der Waals surface area contributed by atoms with Crippen LogP contribution in [-0.2, 0) is 0 Å². The summed E-state index contributed by atoms with van der Waals surface area (Å²) in [6, 6.07) is 20.2. The molecule has 11 nitrogen and oxygen atoms in total. The van der Waals surface area contributed by atoms with Gasteiger partial charge in [0.15, 0.2) is 11.5 Å². The van der Waals surface area contributed by atoms with Gasteiger partial charge in [-0.1, -0.05) is 30.3 Å². The van der Waals surface area contributed by atoms with Crippen molar-refractivity contribution in [2.45, 2.75) is 33.2 Å². The number of ether oxygens (including phenoxy) is 4. The van der Waals surface area contributed by atoms with Crippen LogP contribution < -0.4 is 29.2 Å². The van der Waals surface area contributed by atoms with Gasteiger partial charge in [-0.15, -0.1) is 0 Å². The predicted octanol–water partition coefficient (Wildman–Crippen LogP) is 6.64. The number of piperazine rings is 1. The first-order valence-electron chi connectivity index (χ1n) is 16.3. The van der Waals surface area contributed by atoms with Crippen molar-refractivity contribution in [2.24, 2.45) is 0 Å². The van der Waals surface area contributed by atoms with Crippen molar-refractivity contribution >= 4 is 23.5 Å². The summed E-state index contributed by atoms with van der Waals surface area (Å²) >= 11 is 0. The molecule has 254 valence electrons. The Morgan fingerprint density at radius 2 is 1.69 bits per heavy atom. The normalized spacial score (nSPS) is 14.2. The Bertz CT molecular complexity index is 1660. The lowest BCUT2D eigenvalue weighted by Gasteiger charge is -2.32. The van der Waals surface area contributed by atoms with Gasteiger partial charge in [0.05, 0.1) is 26.9 Å². The topological polar surface area (TPSA) is 102 Å². The van der Waals surface area contributed by atoms with Gasteiger partial charge in [-0.3, -0.25) is 4.90 Å². The van der Waals surface area contributed by atoms with E-state index in [0.717, 1.165) is 55.8 Å². The van der Waals surface area contributed by atoms with E-state index in [2.05, 4.69) is 27.1 Å². The number of likely N-dealkylation sites (N-methyl/N-ethyl adjacent to an activating group) is 1. The summed E-state index contributed by atoms with van der Waals surface area (Å²) in [5.74, 6) is 3.14. The van der Waals surface area contributed by atoms with Crippen LogP contribution in [0.1, 0.15) is 36.1 Å². The molecular formula is C37H46N6O5. The number of benzene rings is 3. The molecule has 1 saturated heterocycles. The molecule has 0 unspecified atom stereocenters. The monoisotopic (exact) mass is 654 g/mol. The Hall–Kier alpha value is -4.87. The van der Waals surface area contributed by atoms with Gasteiger partial charge in [0.25, 0.3) is 0 Å². The van der Waals surface area contributed by atoms with Gasteiger partial charge in [0, 0.05) is 50.7 Å². The second-order valence-corrected chi connectivity index (χ2v) is 12.0. The minimum Gasteiger partial charge on any atom is -0.497 e. The van der Waals surface area contributed by atoms with Crippen LogP contribution in [0.2, 0.25) is 0 Å². The highest BCUT2D eigenvalue weighted by Crippen LogP contribution is 2.33. The number of hydrogen-bond donors (Lipinski definition) is 1. The lowest BCUT2D eigenvalue weighted by atomic mass is 10.1. The molecule has 0 bridgehead atoms. The summed E-state index contributed by atoms with van der Waals surface area (Å²) in [4.78, 5) is 29.5. The Labute approximate surface area is 283 Å². The molecule has 0 spiro atoms. The number of nitrogens with zero attached hydrogens (tertiary/aromatic N) is 5. The number of amides is 1. The van der Waals surface area contributed by atoms with E-state index >= 15 is 0 Å². The Morgan fingerprint density at radius 3 is 2.42 bits per heavy atom. The summed E-state index contributed by atoms with van der Waals surface area (Å²) in [5, 5.41) is 3.25. The van der Waals surface area contributed by atoms with Crippen molar-refractivity contribution in [3.05, 3.63) is 89.6 Å². The average molecular weight is 655 g/mol. The van der Waals surface area contributed by atoms with Gasteiger partial charge >= 0.3 is 6.09 Å². The zero-order valence-electron chi connectivity index (χ0n) is 28.7. The van der Waals surface area contributed by atoms with Crippen LogP contribution >= 0.6 is 0 Å². The smallest absolute Gasteiger partial charge is 0.421 e. The lowest BCUT2D eigenvalue weighted by molar-refractivity contribution is 0.145. The van der Waals surface area contributed by atoms with Gasteiger partial charge in [-0.2, -0.15) is 4.98 Å². The molecule has 11 heteroatoms. The molecule has 1 atom stereocenters. The summed E-state index contributed by atoms with van der Waals surface area (Å²) < 4.78 is 23.2. The van der Waals surface area contributed by atoms with Crippen LogP contribution in [0, 0.1) is 13.8 Å². The second kappa shape index (κ2) is 16.3. The van der Waals surface area contributed by atoms with Crippen LogP contribution in [0.25, 0.3) is 0 Å². The van der Waals surface area contributed by atoms with Crippen molar-refractivity contribution in [2.75, 3.05) is 70.8 Å². The number of carbonyl (C=O) groups is 1. The molecule has 1 aliphatic heterocycles. The van der Waals surface area contributed by atoms with E-state index in [1.54, 1.807) is 26.5 Å². The van der Waals surface area contributed by atoms with Crippen molar-refractivity contribution in [3.63, 3.8) is 0 Å². The molecule has 5 rings (SSSR count). The molecule has 0 radical (unpaired) electrons. The molecule has 4 aromatic rings. The minimum atomic E-state index is -0.567. The fourth-order valence-electron chi connectivity index (χ4n) is 5.68. The number of nitrogens with one attached hydrogen (secondary N) is 1. The first-order chi connectivity index (χ1) is 23.2. The highest BCUT2D eigenvalue weighted by Gasteiger charge is 2.28. The minimum absolute atomic E-state index is 0.304. The molecule has 0 saturated carbocycles. The largest absolute Gasteiger partial charge is 0.497 e. The predicted molar refractivity (Wildman–Crippen MR) is 188 cm³/mol. The molecular weight excluding hydrogens is 608 g/mol. The molecule has 3 aromatic carbocycles. The van der Waals surface area contributed by atoms with Crippen molar-refractivity contribution in [1.82, 2.24) is 19.8 Å². The number of para-hydroxylation sites is 1. The summed E-state index contributed by atoms with van der Waals surface area (Å²) in [6.45, 7) is 11.7. The summed E-state index contributed by atoms with van der Waals surface area (Å²) in [6.07, 6.45) is 1.98. The van der Waals surface area contributed by atoms with Gasteiger partial charge < -0.3 is 34.1 Å². The van der Waals surface area contributed by atoms with Gasteiger partial charge in [0.2, 0.25) is 5.95 Å². The third kappa shape index (κ3) is 8.72. The maximum Gasteiger partial charge on any atom is 0.421 e. The summed E-state index contributed by atoms with van der Waals surface area (Å²) in [7, 11) is 5.40. The quantitative estimate of drug-likeness (QED) is 0.158. The molecule has 48 heavy (non-hydrogen) atoms. The first-order valence-corrected chi connectivity index (χ1v) is 16.3. The third-order valence-electron chi connectivity index (χ3n) is 8.54. The Kier molecular flexibility index (Phi) is 11.7. The van der Waals surface area contributed by atoms with E-state index in [0.29, 0.717) is 47.1 Å². The highest BCUT2D eigenvalue weighted by atomic mass is 16.6. The fourth-order valence-corrected chi connectivity index (χ4v) is 5.68. The molecule has 1 aliphatic rings. The molecule has 1 amide bonds. The van der Waals surface area contributed by atoms with E-state index < -0.39 is 12.1 Å². The number of carbonyl (C=O) groups excluding carboxylic acids is 1. The number of hydrogen-bond acceptors (Lipinski definition) is 10. The average Bonchev–Trinajstić information content (AvgIpc) is 3.10. The molecule has 1 fully saturated rings. The number of anilines is 3. The number of methoxy groups -OCH3 is 2. The van der Waals surface area contributed by atoms with Crippen molar-refractivity contribution < 1.29 is 23.7 Å². The van der Waals surface area contributed by atoms with E-state index in [1.165, 1.54) is 4.90 Å². The van der Waals surface area contributed by atoms with E-state index in [-0.39, 0.29) is 0 Å². The van der Waals surface area contributed by atoms with Crippen molar-refractivity contribution in [1.29, 1.82) is 0 Å². The lowest BCUT2D eigenvalue weighted by Crippen LogP contribution is -2.44. The zero-order chi connectivity index (χ0) is 34.0. The molecule has 2 heterocycles. The van der Waals surface area contributed by atoms with Crippen LogP contribution in [0.15, 0.2) is 72.9 Å². The SMILES string of the molecule is COc1cccc([C@H](C)N(C(=O)Oc2c(C)cccc2C)c2ccnc(Nc3ccc(OCCCN4CCN(C)CC4)c(OC)c3)n2)c1. The molecule has 0 aliphatic carbocycles. The van der Waals surface area contributed by atoms with Crippen LogP contribution in [0.4, 0.5) is 22.2 Å². The van der Waals surface area contributed by atoms with E-state index in [9.17, 15) is 4.79 Å². The molecule has 1 N–H and O–H groups in total. The third-order valence-corrected chi connectivity index (χ3v) is 8.54. The second-order valence-electron chi connectivity index (χ2n) is 12.0. The van der Waals surface area contributed by atoms with Gasteiger partial charge in [-0.05, 0) is 81.3 Å². The first kappa shape index (κ1) is 34.5. The number of rotatable bonds is 13. The van der Waals surface area contributed by atoms with Crippen molar-refractivity contribution in [3.8, 4) is 23.0 Å². The maximum atomic E-state index is 13.9. The maximum absolute atomic E-state index is 13.9. The Balaban J connectivity index is 1.33. The van der Waals surface area contributed by atoms with Gasteiger partial charge in [-0.25, -0.2) is 9.78 Å². The summed E-state index contributed by atoms with van der Waals surface area (Å²) in [5.41, 5.74) is 3.28. The van der Waals surface area contributed by atoms with E-state index in [1.807, 2.05) is 81.4 Å². The van der Waals surface area contributed by atoms with Crippen LogP contribution in [0.5, 0.6) is 23.0 Å². The Morgan fingerprint density at radius 1 is 0.938 bits per heavy atom. The fraction of sp³-hybridized carbons (Fsp3) is 0.378. The van der Waals surface area contributed by atoms with E-state index in [4.69, 9.17) is 23.9 Å². The van der Waals surface area contributed by atoms with Crippen LogP contribution in [-0.4, -0.2) is 86.5 Å². The standard InChI is InChI=1S/C37H46N6O5/c1-26-10-7-11-27(2)35(26)48-37(44)43(28(3)29-12-8-13-31(24-29)45-5)34-16-17-38-36(40-34)39-30-14-15-32(33(25-30)46-6)47-23-9-18-42-21-19-41(4)20-22-42/h7-8,10-17,24-25,28H,9,18-23H2,1-6H3,(H,38,39,40)/t28-/m0/s1. The zero-order valence-corrected chi connectivity index (χ0v) is 28.7. The van der Waals surface area contributed by atoms with Gasteiger partial charge in [0.1, 0.15) is 17.3 Å². The number of aryl methyl sites for hydroxylation is 2. The number of aromatic nitrogens is 2. The molecule has 1 aromatic heterocycles.